The first-order valence-electron chi connectivity index (χ1n) is 6.60. The van der Waals surface area contributed by atoms with E-state index in [1.807, 2.05) is 0 Å². The number of aromatic nitrogens is 2. The molecule has 0 aliphatic heterocycles. The van der Waals surface area contributed by atoms with Crippen molar-refractivity contribution in [3.05, 3.63) is 24.7 Å². The SMILES string of the molecule is COCCOc1cc2nccn2cc1S(=O)(=O)C(C)(C)C. The molecule has 2 aromatic heterocycles. The monoisotopic (exact) mass is 312 g/mol. The molecule has 0 saturated heterocycles. The maximum atomic E-state index is 12.7. The van der Waals surface area contributed by atoms with Crippen molar-refractivity contribution in [2.24, 2.45) is 0 Å². The molecule has 0 fully saturated rings. The Morgan fingerprint density at radius 1 is 1.29 bits per heavy atom. The van der Waals surface area contributed by atoms with Gasteiger partial charge < -0.3 is 13.9 Å². The van der Waals surface area contributed by atoms with Gasteiger partial charge in [0, 0.05) is 31.8 Å². The molecule has 0 atom stereocenters. The quantitative estimate of drug-likeness (QED) is 0.789. The van der Waals surface area contributed by atoms with Crippen molar-refractivity contribution in [2.75, 3.05) is 20.3 Å². The lowest BCUT2D eigenvalue weighted by Crippen LogP contribution is -2.28. The Hall–Kier alpha value is -1.60. The van der Waals surface area contributed by atoms with E-state index in [0.29, 0.717) is 18.0 Å². The molecule has 0 saturated carbocycles. The lowest BCUT2D eigenvalue weighted by atomic mass is 10.3. The number of rotatable bonds is 5. The lowest BCUT2D eigenvalue weighted by Gasteiger charge is -2.21. The fourth-order valence-electron chi connectivity index (χ4n) is 1.80. The first-order valence-corrected chi connectivity index (χ1v) is 8.09. The van der Waals surface area contributed by atoms with Gasteiger partial charge in [0.15, 0.2) is 9.84 Å². The average Bonchev–Trinajstić information content (AvgIpc) is 2.83. The van der Waals surface area contributed by atoms with Crippen LogP contribution in [0, 0.1) is 0 Å². The van der Waals surface area contributed by atoms with Gasteiger partial charge in [0.2, 0.25) is 0 Å². The van der Waals surface area contributed by atoms with Crippen LogP contribution < -0.4 is 4.74 Å². The standard InChI is InChI=1S/C14H20N2O4S/c1-14(2,3)21(17,18)12-10-16-6-5-15-13(16)9-11(12)20-8-7-19-4/h5-6,9-10H,7-8H2,1-4H3. The Balaban J connectivity index is 2.56. The molecular weight excluding hydrogens is 292 g/mol. The Labute approximate surface area is 124 Å². The Bertz CT molecular complexity index is 729. The van der Waals surface area contributed by atoms with Gasteiger partial charge in [-0.15, -0.1) is 0 Å². The first-order chi connectivity index (χ1) is 9.77. The third kappa shape index (κ3) is 3.03. The number of hydrogen-bond acceptors (Lipinski definition) is 5. The van der Waals surface area contributed by atoms with Crippen molar-refractivity contribution in [2.45, 2.75) is 30.4 Å². The number of sulfone groups is 1. The zero-order valence-electron chi connectivity index (χ0n) is 12.7. The molecule has 0 radical (unpaired) electrons. The fourth-order valence-corrected chi connectivity index (χ4v) is 3.10. The van der Waals surface area contributed by atoms with E-state index in [1.165, 1.54) is 0 Å². The second-order valence-electron chi connectivity index (χ2n) is 5.65. The van der Waals surface area contributed by atoms with Gasteiger partial charge in [-0.3, -0.25) is 0 Å². The molecule has 0 aromatic carbocycles. The van der Waals surface area contributed by atoms with Crippen molar-refractivity contribution in [1.29, 1.82) is 0 Å². The molecule has 21 heavy (non-hydrogen) atoms. The smallest absolute Gasteiger partial charge is 0.188 e. The van der Waals surface area contributed by atoms with Crippen LogP contribution in [-0.2, 0) is 14.6 Å². The van der Waals surface area contributed by atoms with E-state index in [1.54, 1.807) is 56.9 Å². The molecule has 2 rings (SSSR count). The van der Waals surface area contributed by atoms with Gasteiger partial charge in [0.1, 0.15) is 22.9 Å². The first kappa shape index (κ1) is 15.8. The van der Waals surface area contributed by atoms with E-state index in [0.717, 1.165) is 0 Å². The summed E-state index contributed by atoms with van der Waals surface area (Å²) in [5.41, 5.74) is 0.635. The molecule has 0 unspecified atom stereocenters. The highest BCUT2D eigenvalue weighted by molar-refractivity contribution is 7.92. The molecule has 0 spiro atoms. The van der Waals surface area contributed by atoms with Crippen LogP contribution in [0.1, 0.15) is 20.8 Å². The number of ether oxygens (including phenoxy) is 2. The summed E-state index contributed by atoms with van der Waals surface area (Å²) in [7, 11) is -1.96. The number of nitrogens with zero attached hydrogens (tertiary/aromatic N) is 2. The lowest BCUT2D eigenvalue weighted by molar-refractivity contribution is 0.144. The van der Waals surface area contributed by atoms with E-state index in [9.17, 15) is 8.42 Å². The minimum atomic E-state index is -3.53. The van der Waals surface area contributed by atoms with Gasteiger partial charge in [-0.2, -0.15) is 0 Å². The van der Waals surface area contributed by atoms with E-state index in [4.69, 9.17) is 9.47 Å². The number of pyridine rings is 1. The van der Waals surface area contributed by atoms with Crippen molar-refractivity contribution >= 4 is 15.5 Å². The third-order valence-corrected chi connectivity index (χ3v) is 5.60. The highest BCUT2D eigenvalue weighted by Gasteiger charge is 2.34. The van der Waals surface area contributed by atoms with E-state index in [2.05, 4.69) is 4.98 Å². The van der Waals surface area contributed by atoms with Gasteiger partial charge in [-0.1, -0.05) is 0 Å². The van der Waals surface area contributed by atoms with Crippen molar-refractivity contribution in [3.8, 4) is 5.75 Å². The van der Waals surface area contributed by atoms with Crippen LogP contribution in [0.15, 0.2) is 29.6 Å². The van der Waals surface area contributed by atoms with Crippen LogP contribution in [0.3, 0.4) is 0 Å². The molecule has 0 bridgehead atoms. The van der Waals surface area contributed by atoms with Crippen LogP contribution in [0.25, 0.3) is 5.65 Å². The topological polar surface area (TPSA) is 69.9 Å². The van der Waals surface area contributed by atoms with Crippen LogP contribution in [0.2, 0.25) is 0 Å². The van der Waals surface area contributed by atoms with Gasteiger partial charge in [0.25, 0.3) is 0 Å². The van der Waals surface area contributed by atoms with E-state index < -0.39 is 14.6 Å². The van der Waals surface area contributed by atoms with E-state index >= 15 is 0 Å². The number of hydrogen-bond donors (Lipinski definition) is 0. The molecule has 0 aliphatic carbocycles. The summed E-state index contributed by atoms with van der Waals surface area (Å²) in [5, 5.41) is 0. The van der Waals surface area contributed by atoms with Crippen molar-refractivity contribution < 1.29 is 17.9 Å². The third-order valence-electron chi connectivity index (χ3n) is 3.10. The maximum absolute atomic E-state index is 12.7. The maximum Gasteiger partial charge on any atom is 0.188 e. The number of fused-ring (bicyclic) bond motifs is 1. The summed E-state index contributed by atoms with van der Waals surface area (Å²) >= 11 is 0. The minimum Gasteiger partial charge on any atom is -0.490 e. The minimum absolute atomic E-state index is 0.164. The highest BCUT2D eigenvalue weighted by atomic mass is 32.2. The molecular formula is C14H20N2O4S. The van der Waals surface area contributed by atoms with Crippen molar-refractivity contribution in [3.63, 3.8) is 0 Å². The predicted molar refractivity (Wildman–Crippen MR) is 79.5 cm³/mol. The summed E-state index contributed by atoms with van der Waals surface area (Å²) in [6.07, 6.45) is 4.86. The Morgan fingerprint density at radius 3 is 2.62 bits per heavy atom. The average molecular weight is 312 g/mol. The number of methoxy groups -OCH3 is 1. The summed E-state index contributed by atoms with van der Waals surface area (Å²) in [6, 6.07) is 1.63. The molecule has 6 nitrogen and oxygen atoms in total. The largest absolute Gasteiger partial charge is 0.490 e. The molecule has 2 aromatic rings. The number of imidazole rings is 1. The second kappa shape index (κ2) is 5.65. The van der Waals surface area contributed by atoms with Crippen LogP contribution >= 0.6 is 0 Å². The zero-order chi connectivity index (χ0) is 15.7. The normalized spacial score (nSPS) is 12.8. The predicted octanol–water partition coefficient (Wildman–Crippen LogP) is 1.93. The second-order valence-corrected chi connectivity index (χ2v) is 8.32. The molecule has 0 amide bonds. The molecule has 0 N–H and O–H groups in total. The van der Waals surface area contributed by atoms with Gasteiger partial charge >= 0.3 is 0 Å². The summed E-state index contributed by atoms with van der Waals surface area (Å²) < 4.78 is 36.7. The van der Waals surface area contributed by atoms with Crippen LogP contribution in [-0.4, -0.2) is 42.9 Å². The highest BCUT2D eigenvalue weighted by Crippen LogP contribution is 2.32. The fraction of sp³-hybridized carbons (Fsp3) is 0.500. The molecule has 7 heteroatoms. The van der Waals surface area contributed by atoms with Crippen LogP contribution in [0.4, 0.5) is 0 Å². The summed E-state index contributed by atoms with van der Waals surface area (Å²) in [4.78, 5) is 4.31. The van der Waals surface area contributed by atoms with Gasteiger partial charge in [-0.25, -0.2) is 13.4 Å². The summed E-state index contributed by atoms with van der Waals surface area (Å²) in [6.45, 7) is 5.66. The molecule has 116 valence electrons. The zero-order valence-corrected chi connectivity index (χ0v) is 13.5. The van der Waals surface area contributed by atoms with E-state index in [-0.39, 0.29) is 11.5 Å². The molecule has 0 aliphatic rings. The van der Waals surface area contributed by atoms with Gasteiger partial charge in [0.05, 0.1) is 11.4 Å². The summed E-state index contributed by atoms with van der Waals surface area (Å²) in [5.74, 6) is 0.306. The Kier molecular flexibility index (Phi) is 4.25. The van der Waals surface area contributed by atoms with Crippen LogP contribution in [0.5, 0.6) is 5.75 Å². The van der Waals surface area contributed by atoms with Crippen molar-refractivity contribution in [1.82, 2.24) is 9.38 Å². The molecule has 2 heterocycles. The van der Waals surface area contributed by atoms with Gasteiger partial charge in [-0.05, 0) is 20.8 Å². The Morgan fingerprint density at radius 2 is 2.00 bits per heavy atom.